The van der Waals surface area contributed by atoms with E-state index in [0.717, 1.165) is 10.6 Å². The van der Waals surface area contributed by atoms with E-state index in [1.807, 2.05) is 54.7 Å². The summed E-state index contributed by atoms with van der Waals surface area (Å²) in [5.74, 6) is -0.331. The van der Waals surface area contributed by atoms with Gasteiger partial charge in [0.05, 0.1) is 12.7 Å². The maximum atomic E-state index is 11.7. The normalized spacial score (nSPS) is 18.8. The Bertz CT molecular complexity index is 524. The zero-order chi connectivity index (χ0) is 13.8. The van der Waals surface area contributed by atoms with Crippen molar-refractivity contribution < 1.29 is 9.53 Å². The molecule has 0 saturated heterocycles. The number of benzene rings is 1. The summed E-state index contributed by atoms with van der Waals surface area (Å²) in [6.45, 7) is 0. The van der Waals surface area contributed by atoms with Crippen LogP contribution in [0.2, 0.25) is 0 Å². The molecule has 0 spiro atoms. The Kier molecular flexibility index (Phi) is 4.39. The zero-order valence-electron chi connectivity index (χ0n) is 11.2. The lowest BCUT2D eigenvalue weighted by atomic mass is 10.2. The van der Waals surface area contributed by atoms with Crippen LogP contribution in [-0.4, -0.2) is 43.3 Å². The standard InChI is InChI=1S/C14H16N2O2S/c1-16(2)12-11(14(17)18-3)9-19-13(15-12)10-7-5-4-6-8-10/h4-9,12H,1-3H3. The van der Waals surface area contributed by atoms with Crippen LogP contribution >= 0.6 is 11.8 Å². The van der Waals surface area contributed by atoms with Crippen LogP contribution in [0.3, 0.4) is 0 Å². The van der Waals surface area contributed by atoms with Crippen molar-refractivity contribution in [2.24, 2.45) is 4.99 Å². The van der Waals surface area contributed by atoms with Gasteiger partial charge in [0.15, 0.2) is 0 Å². The molecule has 1 aliphatic rings. The van der Waals surface area contributed by atoms with Crippen LogP contribution in [0.15, 0.2) is 46.3 Å². The van der Waals surface area contributed by atoms with Crippen LogP contribution in [0.5, 0.6) is 0 Å². The Morgan fingerprint density at radius 1 is 1.32 bits per heavy atom. The van der Waals surface area contributed by atoms with Gasteiger partial charge < -0.3 is 4.74 Å². The predicted molar refractivity (Wildman–Crippen MR) is 78.1 cm³/mol. The van der Waals surface area contributed by atoms with E-state index in [2.05, 4.69) is 4.99 Å². The maximum absolute atomic E-state index is 11.7. The topological polar surface area (TPSA) is 41.9 Å². The average Bonchev–Trinajstić information content (AvgIpc) is 2.46. The second-order valence-electron chi connectivity index (χ2n) is 4.32. The monoisotopic (exact) mass is 276 g/mol. The number of likely N-dealkylation sites (N-methyl/N-ethyl adjacent to an activating group) is 1. The molecule has 100 valence electrons. The van der Waals surface area contributed by atoms with Crippen molar-refractivity contribution in [2.75, 3.05) is 21.2 Å². The lowest BCUT2D eigenvalue weighted by Crippen LogP contribution is -2.34. The third-order valence-corrected chi connectivity index (χ3v) is 3.68. The van der Waals surface area contributed by atoms with E-state index in [9.17, 15) is 4.79 Å². The van der Waals surface area contributed by atoms with Crippen molar-refractivity contribution in [1.29, 1.82) is 0 Å². The number of thioether (sulfide) groups is 1. The van der Waals surface area contributed by atoms with Crippen LogP contribution < -0.4 is 0 Å². The van der Waals surface area contributed by atoms with Crippen molar-refractivity contribution in [1.82, 2.24) is 4.90 Å². The Labute approximate surface area is 117 Å². The molecule has 0 N–H and O–H groups in total. The molecule has 19 heavy (non-hydrogen) atoms. The number of aliphatic imine (C=N–C) groups is 1. The van der Waals surface area contributed by atoms with Gasteiger partial charge in [-0.25, -0.2) is 4.79 Å². The van der Waals surface area contributed by atoms with Gasteiger partial charge in [-0.1, -0.05) is 42.1 Å². The molecule has 1 aromatic rings. The van der Waals surface area contributed by atoms with E-state index in [4.69, 9.17) is 4.74 Å². The van der Waals surface area contributed by atoms with Crippen molar-refractivity contribution in [3.05, 3.63) is 46.9 Å². The Hall–Kier alpha value is -1.59. The molecule has 0 saturated carbocycles. The fourth-order valence-corrected chi connectivity index (χ4v) is 2.67. The van der Waals surface area contributed by atoms with Gasteiger partial charge in [-0.05, 0) is 19.5 Å². The van der Waals surface area contributed by atoms with Crippen molar-refractivity contribution >= 4 is 22.8 Å². The Morgan fingerprint density at radius 2 is 2.00 bits per heavy atom. The maximum Gasteiger partial charge on any atom is 0.337 e. The van der Waals surface area contributed by atoms with Gasteiger partial charge in [0, 0.05) is 5.56 Å². The van der Waals surface area contributed by atoms with Crippen molar-refractivity contribution in [2.45, 2.75) is 6.17 Å². The molecule has 1 heterocycles. The molecule has 0 radical (unpaired) electrons. The second kappa shape index (κ2) is 6.04. The molecule has 0 aromatic heterocycles. The van der Waals surface area contributed by atoms with Gasteiger partial charge in [-0.3, -0.25) is 9.89 Å². The number of hydrogen-bond donors (Lipinski definition) is 0. The molecule has 2 rings (SSSR count). The third kappa shape index (κ3) is 3.05. The first-order valence-electron chi connectivity index (χ1n) is 5.88. The van der Waals surface area contributed by atoms with E-state index in [0.29, 0.717) is 5.57 Å². The van der Waals surface area contributed by atoms with Crippen LogP contribution in [0.25, 0.3) is 0 Å². The zero-order valence-corrected chi connectivity index (χ0v) is 12.0. The third-order valence-electron chi connectivity index (χ3n) is 2.75. The summed E-state index contributed by atoms with van der Waals surface area (Å²) in [4.78, 5) is 18.3. The van der Waals surface area contributed by atoms with Gasteiger partial charge in [-0.15, -0.1) is 0 Å². The molecule has 0 aliphatic carbocycles. The van der Waals surface area contributed by atoms with E-state index >= 15 is 0 Å². The van der Waals surface area contributed by atoms with Gasteiger partial charge in [-0.2, -0.15) is 0 Å². The van der Waals surface area contributed by atoms with E-state index in [1.165, 1.54) is 18.9 Å². The molecule has 0 amide bonds. The summed E-state index contributed by atoms with van der Waals surface area (Å²) in [5, 5.41) is 2.73. The summed E-state index contributed by atoms with van der Waals surface area (Å²) in [6, 6.07) is 9.94. The molecule has 0 fully saturated rings. The molecular formula is C14H16N2O2S. The average molecular weight is 276 g/mol. The smallest absolute Gasteiger partial charge is 0.337 e. The minimum atomic E-state index is -0.331. The van der Waals surface area contributed by atoms with Crippen LogP contribution in [0, 0.1) is 0 Å². The molecule has 5 heteroatoms. The fourth-order valence-electron chi connectivity index (χ4n) is 1.78. The molecule has 1 unspecified atom stereocenters. The predicted octanol–water partition coefficient (Wildman–Crippen LogP) is 2.12. The second-order valence-corrected chi connectivity index (χ2v) is 5.18. The summed E-state index contributed by atoms with van der Waals surface area (Å²) in [5.41, 5.74) is 1.62. The summed E-state index contributed by atoms with van der Waals surface area (Å²) >= 11 is 1.45. The first-order chi connectivity index (χ1) is 9.13. The highest BCUT2D eigenvalue weighted by atomic mass is 32.2. The Morgan fingerprint density at radius 3 is 2.58 bits per heavy atom. The molecule has 1 aliphatic heterocycles. The number of carbonyl (C=O) groups is 1. The largest absolute Gasteiger partial charge is 0.466 e. The molecule has 0 bridgehead atoms. The number of ether oxygens (including phenoxy) is 1. The lowest BCUT2D eigenvalue weighted by molar-refractivity contribution is -0.136. The van der Waals surface area contributed by atoms with Crippen molar-refractivity contribution in [3.63, 3.8) is 0 Å². The molecular weight excluding hydrogens is 260 g/mol. The van der Waals surface area contributed by atoms with Crippen LogP contribution in [0.4, 0.5) is 0 Å². The van der Waals surface area contributed by atoms with Gasteiger partial charge in [0.25, 0.3) is 0 Å². The first-order valence-corrected chi connectivity index (χ1v) is 6.76. The van der Waals surface area contributed by atoms with E-state index in [-0.39, 0.29) is 12.1 Å². The molecule has 1 aromatic carbocycles. The van der Waals surface area contributed by atoms with Crippen LogP contribution in [-0.2, 0) is 9.53 Å². The minimum Gasteiger partial charge on any atom is -0.466 e. The highest BCUT2D eigenvalue weighted by Crippen LogP contribution is 2.27. The highest BCUT2D eigenvalue weighted by molar-refractivity contribution is 8.17. The summed E-state index contributed by atoms with van der Waals surface area (Å²) in [7, 11) is 5.17. The summed E-state index contributed by atoms with van der Waals surface area (Å²) < 4.78 is 4.79. The number of nitrogens with zero attached hydrogens (tertiary/aromatic N) is 2. The fraction of sp³-hybridized carbons (Fsp3) is 0.286. The quantitative estimate of drug-likeness (QED) is 0.793. The number of hydrogen-bond acceptors (Lipinski definition) is 5. The lowest BCUT2D eigenvalue weighted by Gasteiger charge is -2.25. The van der Waals surface area contributed by atoms with Gasteiger partial charge >= 0.3 is 5.97 Å². The summed E-state index contributed by atoms with van der Waals surface area (Å²) in [6.07, 6.45) is -0.302. The molecule has 1 atom stereocenters. The van der Waals surface area contributed by atoms with E-state index < -0.39 is 0 Å². The van der Waals surface area contributed by atoms with Crippen LogP contribution in [0.1, 0.15) is 5.56 Å². The van der Waals surface area contributed by atoms with Crippen molar-refractivity contribution in [3.8, 4) is 0 Å². The first kappa shape index (κ1) is 13.8. The Balaban J connectivity index is 2.31. The SMILES string of the molecule is COC(=O)C1=CSC(c2ccccc2)=NC1N(C)C. The van der Waals surface area contributed by atoms with E-state index in [1.54, 1.807) is 0 Å². The highest BCUT2D eigenvalue weighted by Gasteiger charge is 2.27. The molecule has 4 nitrogen and oxygen atoms in total. The number of carbonyl (C=O) groups excluding carboxylic acids is 1. The van der Waals surface area contributed by atoms with Gasteiger partial charge in [0.2, 0.25) is 0 Å². The van der Waals surface area contributed by atoms with Gasteiger partial charge in [0.1, 0.15) is 11.2 Å². The number of methoxy groups -OCH3 is 1. The number of rotatable bonds is 3. The number of esters is 1. The minimum absolute atomic E-state index is 0.302.